The van der Waals surface area contributed by atoms with Gasteiger partial charge in [0.15, 0.2) is 0 Å². The molecule has 0 aromatic heterocycles. The lowest BCUT2D eigenvalue weighted by Gasteiger charge is -2.23. The Morgan fingerprint density at radius 3 is 2.55 bits per heavy atom. The summed E-state index contributed by atoms with van der Waals surface area (Å²) in [5.41, 5.74) is 1.20. The maximum atomic E-state index is 12.4. The maximum Gasteiger partial charge on any atom is 0.308 e. The summed E-state index contributed by atoms with van der Waals surface area (Å²) in [6, 6.07) is 10.0. The minimum absolute atomic E-state index is 0.0262. The third kappa shape index (κ3) is 3.18. The van der Waals surface area contributed by atoms with Gasteiger partial charge in [0.2, 0.25) is 5.91 Å². The Morgan fingerprint density at radius 1 is 1.35 bits per heavy atom. The van der Waals surface area contributed by atoms with Crippen molar-refractivity contribution >= 4 is 11.9 Å². The lowest BCUT2D eigenvalue weighted by atomic mass is 10.1. The van der Waals surface area contributed by atoms with Crippen LogP contribution in [0.25, 0.3) is 0 Å². The van der Waals surface area contributed by atoms with Gasteiger partial charge in [0.05, 0.1) is 5.92 Å². The van der Waals surface area contributed by atoms with E-state index < -0.39 is 11.9 Å². The molecule has 1 N–H and O–H groups in total. The highest BCUT2D eigenvalue weighted by Gasteiger charge is 2.45. The van der Waals surface area contributed by atoms with Crippen LogP contribution in [0.15, 0.2) is 30.3 Å². The number of carboxylic acids is 1. The Hall–Kier alpha value is -1.84. The summed E-state index contributed by atoms with van der Waals surface area (Å²) < 4.78 is 0. The summed E-state index contributed by atoms with van der Waals surface area (Å²) >= 11 is 0. The second-order valence-electron chi connectivity index (χ2n) is 5.48. The van der Waals surface area contributed by atoms with Crippen LogP contribution in [0.5, 0.6) is 0 Å². The average Bonchev–Trinajstić information content (AvgIpc) is 3.25. The van der Waals surface area contributed by atoms with E-state index in [-0.39, 0.29) is 11.8 Å². The predicted molar refractivity (Wildman–Crippen MR) is 76.3 cm³/mol. The molecule has 4 nitrogen and oxygen atoms in total. The molecule has 3 unspecified atom stereocenters. The number of hydrogen-bond acceptors (Lipinski definition) is 2. The zero-order valence-corrected chi connectivity index (χ0v) is 12.0. The molecule has 1 amide bonds. The monoisotopic (exact) mass is 275 g/mol. The smallest absolute Gasteiger partial charge is 0.308 e. The van der Waals surface area contributed by atoms with Gasteiger partial charge in [0.25, 0.3) is 0 Å². The van der Waals surface area contributed by atoms with Crippen LogP contribution in [-0.4, -0.2) is 35.0 Å². The molecule has 1 aromatic rings. The summed E-state index contributed by atoms with van der Waals surface area (Å²) in [4.78, 5) is 25.0. The molecule has 20 heavy (non-hydrogen) atoms. The van der Waals surface area contributed by atoms with E-state index in [0.717, 1.165) is 6.42 Å². The molecule has 0 bridgehead atoms. The Labute approximate surface area is 119 Å². The molecule has 108 valence electrons. The van der Waals surface area contributed by atoms with E-state index in [9.17, 15) is 9.59 Å². The SMILES string of the molecule is CCN(CC(C)C(=O)O)C(=O)C1CC1c1ccccc1. The summed E-state index contributed by atoms with van der Waals surface area (Å²) in [6.07, 6.45) is 0.876. The van der Waals surface area contributed by atoms with E-state index in [4.69, 9.17) is 5.11 Å². The molecule has 0 heterocycles. The van der Waals surface area contributed by atoms with E-state index in [1.54, 1.807) is 11.8 Å². The van der Waals surface area contributed by atoms with E-state index in [1.807, 2.05) is 37.3 Å². The van der Waals surface area contributed by atoms with Gasteiger partial charge >= 0.3 is 5.97 Å². The quantitative estimate of drug-likeness (QED) is 0.867. The molecule has 0 aliphatic heterocycles. The van der Waals surface area contributed by atoms with Gasteiger partial charge in [-0.25, -0.2) is 0 Å². The molecule has 1 aliphatic carbocycles. The van der Waals surface area contributed by atoms with Gasteiger partial charge in [-0.2, -0.15) is 0 Å². The van der Waals surface area contributed by atoms with Crippen molar-refractivity contribution in [3.63, 3.8) is 0 Å². The number of hydrogen-bond donors (Lipinski definition) is 1. The van der Waals surface area contributed by atoms with Crippen LogP contribution in [0.2, 0.25) is 0 Å². The van der Waals surface area contributed by atoms with Gasteiger partial charge in [-0.3, -0.25) is 9.59 Å². The fourth-order valence-electron chi connectivity index (χ4n) is 2.55. The molecule has 1 aromatic carbocycles. The van der Waals surface area contributed by atoms with Crippen LogP contribution in [-0.2, 0) is 9.59 Å². The largest absolute Gasteiger partial charge is 0.481 e. The van der Waals surface area contributed by atoms with Crippen LogP contribution >= 0.6 is 0 Å². The van der Waals surface area contributed by atoms with Gasteiger partial charge in [-0.05, 0) is 24.8 Å². The molecular formula is C16H21NO3. The van der Waals surface area contributed by atoms with Crippen molar-refractivity contribution in [1.29, 1.82) is 0 Å². The third-order valence-corrected chi connectivity index (χ3v) is 3.94. The predicted octanol–water partition coefficient (Wildman–Crippen LogP) is 2.36. The number of amides is 1. The van der Waals surface area contributed by atoms with Gasteiger partial charge < -0.3 is 10.0 Å². The zero-order valence-electron chi connectivity index (χ0n) is 12.0. The van der Waals surface area contributed by atoms with Crippen molar-refractivity contribution < 1.29 is 14.7 Å². The summed E-state index contributed by atoms with van der Waals surface area (Å²) in [5, 5.41) is 8.95. The topological polar surface area (TPSA) is 57.6 Å². The van der Waals surface area contributed by atoms with E-state index in [1.165, 1.54) is 5.56 Å². The molecule has 2 rings (SSSR count). The van der Waals surface area contributed by atoms with Crippen molar-refractivity contribution in [2.75, 3.05) is 13.1 Å². The Balaban J connectivity index is 1.96. The van der Waals surface area contributed by atoms with Crippen molar-refractivity contribution in [2.45, 2.75) is 26.2 Å². The molecule has 1 saturated carbocycles. The first-order valence-corrected chi connectivity index (χ1v) is 7.11. The lowest BCUT2D eigenvalue weighted by molar-refractivity contribution is -0.143. The first-order chi connectivity index (χ1) is 9.54. The van der Waals surface area contributed by atoms with Gasteiger partial charge in [-0.15, -0.1) is 0 Å². The van der Waals surface area contributed by atoms with E-state index in [0.29, 0.717) is 19.0 Å². The Morgan fingerprint density at radius 2 is 2.00 bits per heavy atom. The van der Waals surface area contributed by atoms with Crippen molar-refractivity contribution in [2.24, 2.45) is 11.8 Å². The van der Waals surface area contributed by atoms with Crippen LogP contribution in [0.4, 0.5) is 0 Å². The molecule has 4 heteroatoms. The van der Waals surface area contributed by atoms with Crippen molar-refractivity contribution in [3.05, 3.63) is 35.9 Å². The molecule has 1 aliphatic rings. The maximum absolute atomic E-state index is 12.4. The molecule has 0 saturated heterocycles. The van der Waals surface area contributed by atoms with Crippen LogP contribution in [0.1, 0.15) is 31.7 Å². The number of aliphatic carboxylic acids is 1. The summed E-state index contributed by atoms with van der Waals surface area (Å²) in [5.74, 6) is -0.954. The van der Waals surface area contributed by atoms with Crippen LogP contribution < -0.4 is 0 Å². The number of nitrogens with zero attached hydrogens (tertiary/aromatic N) is 1. The average molecular weight is 275 g/mol. The van der Waals surface area contributed by atoms with E-state index >= 15 is 0 Å². The normalized spacial score (nSPS) is 22.1. The number of benzene rings is 1. The minimum Gasteiger partial charge on any atom is -0.481 e. The number of rotatable bonds is 6. The number of carboxylic acid groups (broad SMARTS) is 1. The third-order valence-electron chi connectivity index (χ3n) is 3.94. The highest BCUT2D eigenvalue weighted by molar-refractivity contribution is 5.83. The fourth-order valence-corrected chi connectivity index (χ4v) is 2.55. The first kappa shape index (κ1) is 14.6. The van der Waals surface area contributed by atoms with Crippen LogP contribution in [0.3, 0.4) is 0 Å². The lowest BCUT2D eigenvalue weighted by Crippen LogP contribution is -2.37. The van der Waals surface area contributed by atoms with Crippen molar-refractivity contribution in [1.82, 2.24) is 4.90 Å². The molecule has 1 fully saturated rings. The Kier molecular flexibility index (Phi) is 4.42. The summed E-state index contributed by atoms with van der Waals surface area (Å²) in [7, 11) is 0. The number of carbonyl (C=O) groups is 2. The van der Waals surface area contributed by atoms with Gasteiger partial charge in [-0.1, -0.05) is 37.3 Å². The van der Waals surface area contributed by atoms with Gasteiger partial charge in [0, 0.05) is 19.0 Å². The highest BCUT2D eigenvalue weighted by Crippen LogP contribution is 2.48. The number of carbonyl (C=O) groups excluding carboxylic acids is 1. The Bertz CT molecular complexity index is 486. The van der Waals surface area contributed by atoms with Crippen molar-refractivity contribution in [3.8, 4) is 0 Å². The molecule has 0 spiro atoms. The first-order valence-electron chi connectivity index (χ1n) is 7.11. The highest BCUT2D eigenvalue weighted by atomic mass is 16.4. The van der Waals surface area contributed by atoms with Crippen LogP contribution in [0, 0.1) is 11.8 Å². The second-order valence-corrected chi connectivity index (χ2v) is 5.48. The second kappa shape index (κ2) is 6.07. The summed E-state index contributed by atoms with van der Waals surface area (Å²) in [6.45, 7) is 4.39. The molecular weight excluding hydrogens is 254 g/mol. The zero-order chi connectivity index (χ0) is 14.7. The standard InChI is InChI=1S/C16H21NO3/c1-3-17(10-11(2)16(19)20)15(18)14-9-13(14)12-7-5-4-6-8-12/h4-8,11,13-14H,3,9-10H2,1-2H3,(H,19,20). The molecule has 3 atom stereocenters. The minimum atomic E-state index is -0.855. The van der Waals surface area contributed by atoms with Gasteiger partial charge in [0.1, 0.15) is 0 Å². The molecule has 0 radical (unpaired) electrons. The van der Waals surface area contributed by atoms with E-state index in [2.05, 4.69) is 0 Å². The fraction of sp³-hybridized carbons (Fsp3) is 0.500.